The first kappa shape index (κ1) is 10.4. The third-order valence-electron chi connectivity index (χ3n) is 2.13. The second kappa shape index (κ2) is 4.57. The molecule has 0 aliphatic carbocycles. The molecule has 0 radical (unpaired) electrons. The van der Waals surface area contributed by atoms with E-state index in [9.17, 15) is 4.79 Å². The SMILES string of the molecule is CC(=O)/C=C/c1cnn(-c2ccccc2)c1. The van der Waals surface area contributed by atoms with Gasteiger partial charge in [-0.2, -0.15) is 5.10 Å². The van der Waals surface area contributed by atoms with Crippen LogP contribution in [0, 0.1) is 0 Å². The zero-order chi connectivity index (χ0) is 11.4. The molecule has 1 heterocycles. The van der Waals surface area contributed by atoms with Crippen molar-refractivity contribution < 1.29 is 4.79 Å². The minimum absolute atomic E-state index is 0.0347. The fourth-order valence-corrected chi connectivity index (χ4v) is 1.36. The van der Waals surface area contributed by atoms with Crippen molar-refractivity contribution >= 4 is 11.9 Å². The van der Waals surface area contributed by atoms with Gasteiger partial charge in [-0.3, -0.25) is 4.79 Å². The van der Waals surface area contributed by atoms with Gasteiger partial charge in [-0.15, -0.1) is 0 Å². The molecule has 0 atom stereocenters. The molecule has 1 aromatic carbocycles. The molecular formula is C13H12N2O. The number of rotatable bonds is 3. The predicted octanol–water partition coefficient (Wildman–Crippen LogP) is 2.47. The molecule has 0 bridgehead atoms. The smallest absolute Gasteiger partial charge is 0.152 e. The van der Waals surface area contributed by atoms with E-state index in [1.165, 1.54) is 13.0 Å². The van der Waals surface area contributed by atoms with Crippen molar-refractivity contribution in [3.05, 3.63) is 54.4 Å². The normalized spacial score (nSPS) is 10.8. The van der Waals surface area contributed by atoms with E-state index in [4.69, 9.17) is 0 Å². The minimum atomic E-state index is 0.0347. The van der Waals surface area contributed by atoms with Crippen molar-refractivity contribution in [3.63, 3.8) is 0 Å². The molecule has 1 aromatic heterocycles. The van der Waals surface area contributed by atoms with Crippen LogP contribution >= 0.6 is 0 Å². The van der Waals surface area contributed by atoms with Crippen LogP contribution in [-0.4, -0.2) is 15.6 Å². The number of aromatic nitrogens is 2. The van der Waals surface area contributed by atoms with Gasteiger partial charge in [0.15, 0.2) is 5.78 Å². The number of benzene rings is 1. The van der Waals surface area contributed by atoms with Gasteiger partial charge in [-0.1, -0.05) is 18.2 Å². The Bertz CT molecular complexity index is 512. The Hall–Kier alpha value is -2.16. The summed E-state index contributed by atoms with van der Waals surface area (Å²) in [7, 11) is 0. The van der Waals surface area contributed by atoms with Gasteiger partial charge in [0.1, 0.15) is 0 Å². The molecule has 0 spiro atoms. The van der Waals surface area contributed by atoms with Crippen LogP contribution in [0.5, 0.6) is 0 Å². The number of hydrogen-bond donors (Lipinski definition) is 0. The molecule has 0 saturated carbocycles. The van der Waals surface area contributed by atoms with Crippen LogP contribution in [0.2, 0.25) is 0 Å². The third kappa shape index (κ3) is 2.45. The Morgan fingerprint density at radius 1 is 1.31 bits per heavy atom. The fraction of sp³-hybridized carbons (Fsp3) is 0.0769. The Morgan fingerprint density at radius 2 is 2.06 bits per heavy atom. The monoisotopic (exact) mass is 212 g/mol. The average molecular weight is 212 g/mol. The largest absolute Gasteiger partial charge is 0.295 e. The highest BCUT2D eigenvalue weighted by Gasteiger charge is 1.97. The number of carbonyl (C=O) groups is 1. The average Bonchev–Trinajstić information content (AvgIpc) is 2.76. The maximum Gasteiger partial charge on any atom is 0.152 e. The first-order valence-electron chi connectivity index (χ1n) is 5.04. The van der Waals surface area contributed by atoms with Crippen molar-refractivity contribution in [1.29, 1.82) is 0 Å². The van der Waals surface area contributed by atoms with E-state index in [1.807, 2.05) is 36.5 Å². The number of ketones is 1. The van der Waals surface area contributed by atoms with Gasteiger partial charge in [0, 0.05) is 11.8 Å². The summed E-state index contributed by atoms with van der Waals surface area (Å²) in [4.78, 5) is 10.8. The zero-order valence-electron chi connectivity index (χ0n) is 9.00. The zero-order valence-corrected chi connectivity index (χ0v) is 9.00. The summed E-state index contributed by atoms with van der Waals surface area (Å²) in [5.41, 5.74) is 1.92. The van der Waals surface area contributed by atoms with E-state index < -0.39 is 0 Å². The fourth-order valence-electron chi connectivity index (χ4n) is 1.36. The molecule has 0 unspecified atom stereocenters. The van der Waals surface area contributed by atoms with Crippen molar-refractivity contribution in [2.75, 3.05) is 0 Å². The van der Waals surface area contributed by atoms with Gasteiger partial charge < -0.3 is 0 Å². The van der Waals surface area contributed by atoms with E-state index in [0.29, 0.717) is 0 Å². The van der Waals surface area contributed by atoms with Crippen LogP contribution < -0.4 is 0 Å². The summed E-state index contributed by atoms with van der Waals surface area (Å²) in [6.45, 7) is 1.53. The van der Waals surface area contributed by atoms with Gasteiger partial charge in [0.2, 0.25) is 0 Å². The Kier molecular flexibility index (Phi) is 2.96. The number of hydrogen-bond acceptors (Lipinski definition) is 2. The second-order valence-corrected chi connectivity index (χ2v) is 3.50. The van der Waals surface area contributed by atoms with Crippen LogP contribution in [0.25, 0.3) is 11.8 Å². The molecular weight excluding hydrogens is 200 g/mol. The molecule has 0 saturated heterocycles. The third-order valence-corrected chi connectivity index (χ3v) is 2.13. The van der Waals surface area contributed by atoms with E-state index in [-0.39, 0.29) is 5.78 Å². The lowest BCUT2D eigenvalue weighted by Crippen LogP contribution is -1.92. The molecule has 2 rings (SSSR count). The molecule has 16 heavy (non-hydrogen) atoms. The van der Waals surface area contributed by atoms with E-state index in [1.54, 1.807) is 17.0 Å². The summed E-state index contributed by atoms with van der Waals surface area (Å²) in [6, 6.07) is 9.84. The number of allylic oxidation sites excluding steroid dienone is 1. The molecule has 2 aromatic rings. The summed E-state index contributed by atoms with van der Waals surface area (Å²) in [5.74, 6) is 0.0347. The lowest BCUT2D eigenvalue weighted by Gasteiger charge is -1.98. The van der Waals surface area contributed by atoms with Crippen molar-refractivity contribution in [3.8, 4) is 5.69 Å². The molecule has 0 aliphatic heterocycles. The Balaban J connectivity index is 2.23. The molecule has 80 valence electrons. The van der Waals surface area contributed by atoms with Crippen molar-refractivity contribution in [2.45, 2.75) is 6.92 Å². The summed E-state index contributed by atoms with van der Waals surface area (Å²) < 4.78 is 1.78. The topological polar surface area (TPSA) is 34.9 Å². The molecule has 3 heteroatoms. The predicted molar refractivity (Wildman–Crippen MR) is 63.3 cm³/mol. The lowest BCUT2D eigenvalue weighted by atomic mass is 10.3. The highest BCUT2D eigenvalue weighted by Crippen LogP contribution is 2.08. The minimum Gasteiger partial charge on any atom is -0.295 e. The molecule has 3 nitrogen and oxygen atoms in total. The van der Waals surface area contributed by atoms with Crippen molar-refractivity contribution in [1.82, 2.24) is 9.78 Å². The quantitative estimate of drug-likeness (QED) is 0.732. The number of nitrogens with zero attached hydrogens (tertiary/aromatic N) is 2. The summed E-state index contributed by atoms with van der Waals surface area (Å²) >= 11 is 0. The molecule has 0 aliphatic rings. The summed E-state index contributed by atoms with van der Waals surface area (Å²) in [6.07, 6.45) is 6.91. The van der Waals surface area contributed by atoms with Crippen LogP contribution in [0.3, 0.4) is 0 Å². The van der Waals surface area contributed by atoms with Gasteiger partial charge in [-0.25, -0.2) is 4.68 Å². The number of para-hydroxylation sites is 1. The van der Waals surface area contributed by atoms with Crippen LogP contribution in [-0.2, 0) is 4.79 Å². The van der Waals surface area contributed by atoms with Crippen LogP contribution in [0.15, 0.2) is 48.8 Å². The maximum absolute atomic E-state index is 10.8. The van der Waals surface area contributed by atoms with Gasteiger partial charge >= 0.3 is 0 Å². The van der Waals surface area contributed by atoms with Gasteiger partial charge in [-0.05, 0) is 31.2 Å². The first-order valence-corrected chi connectivity index (χ1v) is 5.04. The highest BCUT2D eigenvalue weighted by molar-refractivity contribution is 5.91. The number of carbonyl (C=O) groups excluding carboxylic acids is 1. The van der Waals surface area contributed by atoms with Crippen molar-refractivity contribution in [2.24, 2.45) is 0 Å². The van der Waals surface area contributed by atoms with Crippen LogP contribution in [0.1, 0.15) is 12.5 Å². The molecule has 0 N–H and O–H groups in total. The molecule has 0 fully saturated rings. The van der Waals surface area contributed by atoms with Gasteiger partial charge in [0.25, 0.3) is 0 Å². The summed E-state index contributed by atoms with van der Waals surface area (Å²) in [5, 5.41) is 4.22. The van der Waals surface area contributed by atoms with E-state index in [0.717, 1.165) is 11.3 Å². The standard InChI is InChI=1S/C13H12N2O/c1-11(16)7-8-12-9-14-15(10-12)13-5-3-2-4-6-13/h2-10H,1H3/b8-7+. The van der Waals surface area contributed by atoms with E-state index >= 15 is 0 Å². The Morgan fingerprint density at radius 3 is 2.75 bits per heavy atom. The Labute approximate surface area is 94.0 Å². The van der Waals surface area contributed by atoms with Crippen LogP contribution in [0.4, 0.5) is 0 Å². The lowest BCUT2D eigenvalue weighted by molar-refractivity contribution is -0.112. The highest BCUT2D eigenvalue weighted by atomic mass is 16.1. The van der Waals surface area contributed by atoms with E-state index in [2.05, 4.69) is 5.10 Å². The first-order chi connectivity index (χ1) is 7.75. The van der Waals surface area contributed by atoms with Gasteiger partial charge in [0.05, 0.1) is 11.9 Å². The molecule has 0 amide bonds. The maximum atomic E-state index is 10.8. The second-order valence-electron chi connectivity index (χ2n) is 3.50.